The van der Waals surface area contributed by atoms with Gasteiger partial charge in [-0.15, -0.1) is 0 Å². The molecular weight excluding hydrogens is 314 g/mol. The third-order valence-corrected chi connectivity index (χ3v) is 7.44. The van der Waals surface area contributed by atoms with Gasteiger partial charge in [0.25, 0.3) is 10.2 Å². The third kappa shape index (κ3) is 4.66. The van der Waals surface area contributed by atoms with Crippen molar-refractivity contribution in [3.05, 3.63) is 0 Å². The van der Waals surface area contributed by atoms with Gasteiger partial charge in [-0.3, -0.25) is 4.90 Å². The normalized spacial score (nSPS) is 26.0. The quantitative estimate of drug-likeness (QED) is 0.698. The predicted molar refractivity (Wildman–Crippen MR) is 90.5 cm³/mol. The fraction of sp³-hybridized carbons (Fsp3) is 1.00. The molecule has 1 aliphatic heterocycles. The lowest BCUT2D eigenvalue weighted by molar-refractivity contribution is 0.0794. The van der Waals surface area contributed by atoms with E-state index in [1.165, 1.54) is 19.3 Å². The third-order valence-electron chi connectivity index (χ3n) is 5.40. The minimum Gasteiger partial charge on any atom is -0.377 e. The van der Waals surface area contributed by atoms with Crippen LogP contribution in [0.1, 0.15) is 44.9 Å². The Hall–Kier alpha value is -0.210. The Morgan fingerprint density at radius 3 is 2.26 bits per heavy atom. The van der Waals surface area contributed by atoms with E-state index in [-0.39, 0.29) is 6.04 Å². The predicted octanol–water partition coefficient (Wildman–Crippen LogP) is 1.29. The lowest BCUT2D eigenvalue weighted by Gasteiger charge is -2.38. The summed E-state index contributed by atoms with van der Waals surface area (Å²) in [6.45, 7) is 4.52. The molecule has 2 aliphatic carbocycles. The largest absolute Gasteiger partial charge is 0.377 e. The first kappa shape index (κ1) is 17.6. The molecule has 7 heteroatoms. The Morgan fingerprint density at radius 2 is 1.65 bits per heavy atom. The average Bonchev–Trinajstić information content (AvgIpc) is 3.40. The van der Waals surface area contributed by atoms with E-state index >= 15 is 0 Å². The molecule has 0 bridgehead atoms. The second-order valence-electron chi connectivity index (χ2n) is 7.13. The molecule has 134 valence electrons. The molecule has 0 aromatic rings. The number of piperazine rings is 1. The zero-order valence-corrected chi connectivity index (χ0v) is 15.1. The maximum atomic E-state index is 12.8. The fourth-order valence-electron chi connectivity index (χ4n) is 3.58. The summed E-state index contributed by atoms with van der Waals surface area (Å²) in [4.78, 5) is 2.31. The number of hydrogen-bond acceptors (Lipinski definition) is 4. The molecule has 0 N–H and O–H groups in total. The number of ether oxygens (including phenoxy) is 1. The van der Waals surface area contributed by atoms with E-state index in [0.717, 1.165) is 51.9 Å². The van der Waals surface area contributed by atoms with Crippen molar-refractivity contribution in [3.63, 3.8) is 0 Å². The second kappa shape index (κ2) is 7.78. The summed E-state index contributed by atoms with van der Waals surface area (Å²) in [5, 5.41) is 0. The van der Waals surface area contributed by atoms with Crippen LogP contribution in [-0.2, 0) is 14.9 Å². The molecule has 0 atom stereocenters. The Bertz CT molecular complexity index is 467. The summed E-state index contributed by atoms with van der Waals surface area (Å²) in [6.07, 6.45) is 8.48. The highest BCUT2D eigenvalue weighted by atomic mass is 32.2. The van der Waals surface area contributed by atoms with Crippen molar-refractivity contribution in [1.82, 2.24) is 13.5 Å². The van der Waals surface area contributed by atoms with Crippen LogP contribution in [0.2, 0.25) is 0 Å². The molecule has 3 fully saturated rings. The average molecular weight is 346 g/mol. The molecule has 1 saturated heterocycles. The molecule has 1 heterocycles. The second-order valence-corrected chi connectivity index (χ2v) is 9.11. The monoisotopic (exact) mass is 345 g/mol. The molecule has 2 saturated carbocycles. The Morgan fingerprint density at radius 1 is 1.00 bits per heavy atom. The number of nitrogens with zero attached hydrogens (tertiary/aromatic N) is 3. The van der Waals surface area contributed by atoms with E-state index < -0.39 is 10.2 Å². The van der Waals surface area contributed by atoms with Gasteiger partial charge in [-0.05, 0) is 25.7 Å². The molecule has 3 aliphatic rings. The lowest BCUT2D eigenvalue weighted by Crippen LogP contribution is -2.54. The fourth-order valence-corrected chi connectivity index (χ4v) is 5.16. The highest BCUT2D eigenvalue weighted by Crippen LogP contribution is 2.25. The van der Waals surface area contributed by atoms with E-state index in [4.69, 9.17) is 4.74 Å². The van der Waals surface area contributed by atoms with Crippen molar-refractivity contribution in [1.29, 1.82) is 0 Å². The van der Waals surface area contributed by atoms with Crippen LogP contribution in [-0.4, -0.2) is 80.5 Å². The van der Waals surface area contributed by atoms with Gasteiger partial charge in [0.2, 0.25) is 0 Å². The molecule has 3 rings (SSSR count). The van der Waals surface area contributed by atoms with Crippen molar-refractivity contribution in [2.45, 2.75) is 57.1 Å². The van der Waals surface area contributed by atoms with E-state index in [1.54, 1.807) is 15.7 Å². The summed E-state index contributed by atoms with van der Waals surface area (Å²) in [5.41, 5.74) is 0. The van der Waals surface area contributed by atoms with Gasteiger partial charge in [0, 0.05) is 45.8 Å². The van der Waals surface area contributed by atoms with Crippen LogP contribution in [0.15, 0.2) is 0 Å². The summed E-state index contributed by atoms with van der Waals surface area (Å²) < 4.78 is 34.6. The first-order valence-corrected chi connectivity index (χ1v) is 10.5. The van der Waals surface area contributed by atoms with Crippen molar-refractivity contribution in [2.24, 2.45) is 0 Å². The van der Waals surface area contributed by atoms with E-state index in [1.807, 2.05) is 0 Å². The van der Waals surface area contributed by atoms with Crippen LogP contribution in [0.25, 0.3) is 0 Å². The Kier molecular flexibility index (Phi) is 5.96. The van der Waals surface area contributed by atoms with Crippen LogP contribution >= 0.6 is 0 Å². The minimum atomic E-state index is -3.30. The van der Waals surface area contributed by atoms with Crippen LogP contribution in [0.3, 0.4) is 0 Å². The molecule has 6 nitrogen and oxygen atoms in total. The topological polar surface area (TPSA) is 53.1 Å². The molecule has 0 aromatic heterocycles. The van der Waals surface area contributed by atoms with Gasteiger partial charge in [0.15, 0.2) is 0 Å². The molecule has 0 radical (unpaired) electrons. The molecule has 0 aromatic carbocycles. The number of hydrogen-bond donors (Lipinski definition) is 0. The van der Waals surface area contributed by atoms with Gasteiger partial charge >= 0.3 is 0 Å². The van der Waals surface area contributed by atoms with Crippen LogP contribution in [0.4, 0.5) is 0 Å². The molecule has 0 spiro atoms. The van der Waals surface area contributed by atoms with Crippen molar-refractivity contribution in [2.75, 3.05) is 46.4 Å². The maximum absolute atomic E-state index is 12.8. The van der Waals surface area contributed by atoms with Gasteiger partial charge in [-0.25, -0.2) is 0 Å². The highest BCUT2D eigenvalue weighted by Gasteiger charge is 2.34. The summed E-state index contributed by atoms with van der Waals surface area (Å²) in [7, 11) is -1.54. The minimum absolute atomic E-state index is 0.193. The zero-order valence-electron chi connectivity index (χ0n) is 14.3. The first-order valence-electron chi connectivity index (χ1n) is 9.14. The SMILES string of the molecule is CN(C1CCCCC1)S(=O)(=O)N1CCN(CCOC2CC2)CC1. The molecule has 0 amide bonds. The van der Waals surface area contributed by atoms with Crippen LogP contribution in [0.5, 0.6) is 0 Å². The van der Waals surface area contributed by atoms with Gasteiger partial charge < -0.3 is 4.74 Å². The zero-order chi connectivity index (χ0) is 16.3. The summed E-state index contributed by atoms with van der Waals surface area (Å²) in [6, 6.07) is 0.193. The summed E-state index contributed by atoms with van der Waals surface area (Å²) in [5.74, 6) is 0. The van der Waals surface area contributed by atoms with Gasteiger partial charge in [0.1, 0.15) is 0 Å². The van der Waals surface area contributed by atoms with Crippen LogP contribution in [0, 0.1) is 0 Å². The lowest BCUT2D eigenvalue weighted by atomic mass is 9.96. The van der Waals surface area contributed by atoms with Gasteiger partial charge in [-0.2, -0.15) is 17.0 Å². The molecular formula is C16H31N3O3S. The summed E-state index contributed by atoms with van der Waals surface area (Å²) >= 11 is 0. The Balaban J connectivity index is 1.45. The number of rotatable bonds is 7. The highest BCUT2D eigenvalue weighted by molar-refractivity contribution is 7.86. The van der Waals surface area contributed by atoms with E-state index in [0.29, 0.717) is 19.2 Å². The van der Waals surface area contributed by atoms with Crippen LogP contribution < -0.4 is 0 Å². The first-order chi connectivity index (χ1) is 11.1. The molecule has 23 heavy (non-hydrogen) atoms. The van der Waals surface area contributed by atoms with E-state index in [2.05, 4.69) is 4.90 Å². The van der Waals surface area contributed by atoms with Gasteiger partial charge in [-0.1, -0.05) is 19.3 Å². The van der Waals surface area contributed by atoms with Crippen molar-refractivity contribution >= 4 is 10.2 Å². The molecule has 0 unspecified atom stereocenters. The Labute approximate surface area is 140 Å². The van der Waals surface area contributed by atoms with Crippen molar-refractivity contribution < 1.29 is 13.2 Å². The van der Waals surface area contributed by atoms with Gasteiger partial charge in [0.05, 0.1) is 12.7 Å². The van der Waals surface area contributed by atoms with E-state index in [9.17, 15) is 8.42 Å². The maximum Gasteiger partial charge on any atom is 0.282 e. The smallest absolute Gasteiger partial charge is 0.282 e. The van der Waals surface area contributed by atoms with Crippen molar-refractivity contribution in [3.8, 4) is 0 Å². The standard InChI is InChI=1S/C16H31N3O3S/c1-17(15-5-3-2-4-6-15)23(20,21)19-11-9-18(10-12-19)13-14-22-16-7-8-16/h15-16H,2-14H2,1H3.